The number of rotatable bonds is 3. The van der Waals surface area contributed by atoms with Gasteiger partial charge in [-0.1, -0.05) is 6.07 Å². The van der Waals surface area contributed by atoms with E-state index in [2.05, 4.69) is 28.1 Å². The third-order valence-corrected chi connectivity index (χ3v) is 5.39. The molecule has 0 radical (unpaired) electrons. The van der Waals surface area contributed by atoms with Crippen molar-refractivity contribution >= 4 is 5.82 Å². The molecule has 5 nitrogen and oxygen atoms in total. The van der Waals surface area contributed by atoms with Gasteiger partial charge in [-0.15, -0.1) is 0 Å². The molecule has 0 N–H and O–H groups in total. The first-order valence-electron chi connectivity index (χ1n) is 8.81. The molecule has 5 heteroatoms. The minimum atomic E-state index is -0.224. The van der Waals surface area contributed by atoms with Crippen molar-refractivity contribution in [2.75, 3.05) is 38.8 Å². The van der Waals surface area contributed by atoms with Gasteiger partial charge in [0.2, 0.25) is 0 Å². The Labute approximate surface area is 148 Å². The molecule has 0 unspecified atom stereocenters. The molecular weight excluding hydrogens is 316 g/mol. The summed E-state index contributed by atoms with van der Waals surface area (Å²) < 4.78 is 17.3. The molecule has 3 heterocycles. The van der Waals surface area contributed by atoms with E-state index in [9.17, 15) is 0 Å². The van der Waals surface area contributed by atoms with E-state index in [0.717, 1.165) is 56.3 Å². The molecule has 1 aromatic heterocycles. The maximum Gasteiger partial charge on any atom is 0.161 e. The summed E-state index contributed by atoms with van der Waals surface area (Å²) in [6.45, 7) is 2.63. The second-order valence-corrected chi connectivity index (χ2v) is 6.63. The first-order chi connectivity index (χ1) is 12.3. The van der Waals surface area contributed by atoms with Crippen molar-refractivity contribution in [1.29, 1.82) is 0 Å². The number of fused-ring (bicyclic) bond motifs is 2. The Kier molecular flexibility index (Phi) is 4.25. The van der Waals surface area contributed by atoms with E-state index in [1.165, 1.54) is 11.1 Å². The summed E-state index contributed by atoms with van der Waals surface area (Å²) in [4.78, 5) is 6.82. The summed E-state index contributed by atoms with van der Waals surface area (Å²) in [6.07, 6.45) is 4.67. The van der Waals surface area contributed by atoms with Crippen molar-refractivity contribution in [3.05, 3.63) is 47.7 Å². The van der Waals surface area contributed by atoms with Crippen LogP contribution in [-0.4, -0.2) is 38.9 Å². The van der Waals surface area contributed by atoms with Crippen molar-refractivity contribution in [2.24, 2.45) is 0 Å². The third-order valence-electron chi connectivity index (χ3n) is 5.39. The van der Waals surface area contributed by atoms with Crippen molar-refractivity contribution < 1.29 is 14.2 Å². The molecule has 1 saturated heterocycles. The average Bonchev–Trinajstić information content (AvgIpc) is 2.68. The van der Waals surface area contributed by atoms with E-state index in [1.807, 2.05) is 18.3 Å². The van der Waals surface area contributed by atoms with Crippen molar-refractivity contribution in [1.82, 2.24) is 4.98 Å². The fourth-order valence-corrected chi connectivity index (χ4v) is 4.04. The van der Waals surface area contributed by atoms with E-state index >= 15 is 0 Å². The van der Waals surface area contributed by atoms with Crippen LogP contribution in [0.2, 0.25) is 0 Å². The Morgan fingerprint density at radius 3 is 2.52 bits per heavy atom. The number of benzene rings is 1. The third kappa shape index (κ3) is 2.82. The van der Waals surface area contributed by atoms with E-state index in [4.69, 9.17) is 14.2 Å². The van der Waals surface area contributed by atoms with E-state index in [0.29, 0.717) is 0 Å². The monoisotopic (exact) mass is 340 g/mol. The van der Waals surface area contributed by atoms with Crippen LogP contribution in [0.3, 0.4) is 0 Å². The predicted octanol–water partition coefficient (Wildman–Crippen LogP) is 3.17. The van der Waals surface area contributed by atoms with Gasteiger partial charge in [-0.2, -0.15) is 0 Å². The van der Waals surface area contributed by atoms with Gasteiger partial charge in [0.05, 0.1) is 26.4 Å². The molecule has 0 saturated carbocycles. The number of methoxy groups -OCH3 is 2. The lowest BCUT2D eigenvalue weighted by molar-refractivity contribution is -0.0768. The molecule has 25 heavy (non-hydrogen) atoms. The lowest BCUT2D eigenvalue weighted by atomic mass is 9.79. The normalized spacial score (nSPS) is 18.7. The summed E-state index contributed by atoms with van der Waals surface area (Å²) in [5.74, 6) is 2.61. The molecule has 2 aliphatic rings. The van der Waals surface area contributed by atoms with E-state index < -0.39 is 0 Å². The number of ether oxygens (including phenoxy) is 3. The van der Waals surface area contributed by atoms with Crippen LogP contribution in [0.15, 0.2) is 36.5 Å². The zero-order chi connectivity index (χ0) is 17.3. The number of piperidine rings is 1. The summed E-state index contributed by atoms with van der Waals surface area (Å²) >= 11 is 0. The Morgan fingerprint density at radius 2 is 1.84 bits per heavy atom. The quantitative estimate of drug-likeness (QED) is 0.859. The standard InChI is InChI=1S/C20H24N2O3/c1-23-17-13-15-6-12-25-20(16(15)14-18(17)24-2)7-10-22(11-8-20)19-5-3-4-9-21-19/h3-5,9,13-14H,6-8,10-12H2,1-2H3. The first kappa shape index (κ1) is 16.2. The second kappa shape index (κ2) is 6.56. The fourth-order valence-electron chi connectivity index (χ4n) is 4.04. The molecule has 1 aromatic carbocycles. The van der Waals surface area contributed by atoms with Gasteiger partial charge in [0.15, 0.2) is 11.5 Å². The zero-order valence-corrected chi connectivity index (χ0v) is 14.8. The van der Waals surface area contributed by atoms with Crippen LogP contribution in [0.25, 0.3) is 0 Å². The Balaban J connectivity index is 1.63. The highest BCUT2D eigenvalue weighted by molar-refractivity contribution is 5.51. The Bertz CT molecular complexity index is 740. The summed E-state index contributed by atoms with van der Waals surface area (Å²) in [6, 6.07) is 10.3. The first-order valence-corrected chi connectivity index (χ1v) is 8.81. The molecule has 132 valence electrons. The smallest absolute Gasteiger partial charge is 0.161 e. The number of anilines is 1. The molecule has 0 atom stereocenters. The highest BCUT2D eigenvalue weighted by Crippen LogP contribution is 2.45. The van der Waals surface area contributed by atoms with Crippen LogP contribution >= 0.6 is 0 Å². The van der Waals surface area contributed by atoms with Gasteiger partial charge in [0.1, 0.15) is 5.82 Å². The minimum Gasteiger partial charge on any atom is -0.493 e. The highest BCUT2D eigenvalue weighted by Gasteiger charge is 2.41. The van der Waals surface area contributed by atoms with E-state index in [-0.39, 0.29) is 5.60 Å². The molecule has 1 fully saturated rings. The van der Waals surface area contributed by atoms with Gasteiger partial charge in [-0.25, -0.2) is 4.98 Å². The van der Waals surface area contributed by atoms with Crippen molar-refractivity contribution in [3.8, 4) is 11.5 Å². The zero-order valence-electron chi connectivity index (χ0n) is 14.8. The molecule has 2 aromatic rings. The molecule has 0 aliphatic carbocycles. The molecule has 4 rings (SSSR count). The largest absolute Gasteiger partial charge is 0.493 e. The Hall–Kier alpha value is -2.27. The van der Waals surface area contributed by atoms with Crippen LogP contribution in [0.5, 0.6) is 11.5 Å². The number of pyridine rings is 1. The van der Waals surface area contributed by atoms with Crippen LogP contribution in [0.4, 0.5) is 5.82 Å². The summed E-state index contributed by atoms with van der Waals surface area (Å²) in [7, 11) is 3.37. The molecule has 1 spiro atoms. The van der Waals surface area contributed by atoms with Gasteiger partial charge in [0, 0.05) is 19.3 Å². The number of hydrogen-bond donors (Lipinski definition) is 0. The minimum absolute atomic E-state index is 0.224. The van der Waals surface area contributed by atoms with Crippen LogP contribution in [-0.2, 0) is 16.8 Å². The van der Waals surface area contributed by atoms with Crippen molar-refractivity contribution in [3.63, 3.8) is 0 Å². The van der Waals surface area contributed by atoms with Gasteiger partial charge >= 0.3 is 0 Å². The van der Waals surface area contributed by atoms with Crippen molar-refractivity contribution in [2.45, 2.75) is 24.9 Å². The SMILES string of the molecule is COc1cc2c(cc1OC)C1(CCN(c3ccccn3)CC1)OCC2. The maximum absolute atomic E-state index is 6.35. The molecule has 0 amide bonds. The average molecular weight is 340 g/mol. The van der Waals surface area contributed by atoms with Gasteiger partial charge in [-0.3, -0.25) is 0 Å². The highest BCUT2D eigenvalue weighted by atomic mass is 16.5. The number of aromatic nitrogens is 1. The van der Waals surface area contributed by atoms with Crippen LogP contribution in [0.1, 0.15) is 24.0 Å². The van der Waals surface area contributed by atoms with Crippen LogP contribution < -0.4 is 14.4 Å². The lowest BCUT2D eigenvalue weighted by Crippen LogP contribution is -2.46. The maximum atomic E-state index is 6.35. The topological polar surface area (TPSA) is 43.8 Å². The Morgan fingerprint density at radius 1 is 1.08 bits per heavy atom. The number of nitrogens with zero attached hydrogens (tertiary/aromatic N) is 2. The van der Waals surface area contributed by atoms with Gasteiger partial charge in [-0.05, 0) is 54.7 Å². The molecule has 0 bridgehead atoms. The van der Waals surface area contributed by atoms with Gasteiger partial charge < -0.3 is 19.1 Å². The predicted molar refractivity (Wildman–Crippen MR) is 96.6 cm³/mol. The second-order valence-electron chi connectivity index (χ2n) is 6.63. The summed E-state index contributed by atoms with van der Waals surface area (Å²) in [5, 5.41) is 0. The lowest BCUT2D eigenvalue weighted by Gasteiger charge is -2.45. The van der Waals surface area contributed by atoms with Gasteiger partial charge in [0.25, 0.3) is 0 Å². The molecular formula is C20H24N2O3. The number of hydrogen-bond acceptors (Lipinski definition) is 5. The van der Waals surface area contributed by atoms with Crippen LogP contribution in [0, 0.1) is 0 Å². The van der Waals surface area contributed by atoms with E-state index in [1.54, 1.807) is 14.2 Å². The fraction of sp³-hybridized carbons (Fsp3) is 0.450. The summed E-state index contributed by atoms with van der Waals surface area (Å²) in [5.41, 5.74) is 2.35. The molecule has 2 aliphatic heterocycles.